The summed E-state index contributed by atoms with van der Waals surface area (Å²) >= 11 is 3.43. The van der Waals surface area contributed by atoms with Gasteiger partial charge in [0.15, 0.2) is 0 Å². The molecule has 1 fully saturated rings. The maximum Gasteiger partial charge on any atom is 0.129 e. The van der Waals surface area contributed by atoms with Crippen LogP contribution in [-0.2, 0) is 4.74 Å². The number of aryl methyl sites for hydroxylation is 1. The molecule has 0 saturated carbocycles. The summed E-state index contributed by atoms with van der Waals surface area (Å²) in [4.78, 5) is 6.89. The van der Waals surface area contributed by atoms with Gasteiger partial charge in [-0.3, -0.25) is 4.90 Å². The second-order valence-electron chi connectivity index (χ2n) is 5.85. The molecule has 5 heteroatoms. The molecule has 112 valence electrons. The van der Waals surface area contributed by atoms with Gasteiger partial charge < -0.3 is 10.1 Å². The van der Waals surface area contributed by atoms with Gasteiger partial charge in [0.25, 0.3) is 0 Å². The molecular formula is C15H24BrN3O. The van der Waals surface area contributed by atoms with Gasteiger partial charge in [-0.2, -0.15) is 0 Å². The normalized spacial score (nSPS) is 20.4. The molecule has 2 rings (SSSR count). The first-order valence-corrected chi connectivity index (χ1v) is 8.04. The van der Waals surface area contributed by atoms with Gasteiger partial charge in [0.05, 0.1) is 12.7 Å². The van der Waals surface area contributed by atoms with E-state index in [-0.39, 0.29) is 6.10 Å². The van der Waals surface area contributed by atoms with Crippen molar-refractivity contribution in [2.45, 2.75) is 26.9 Å². The Hall–Kier alpha value is -0.650. The fourth-order valence-electron chi connectivity index (χ4n) is 2.52. The summed E-state index contributed by atoms with van der Waals surface area (Å²) in [6, 6.07) is 2.07. The van der Waals surface area contributed by atoms with E-state index in [0.29, 0.717) is 5.92 Å². The van der Waals surface area contributed by atoms with E-state index in [4.69, 9.17) is 4.74 Å². The lowest BCUT2D eigenvalue weighted by molar-refractivity contribution is -0.0244. The number of pyridine rings is 1. The third kappa shape index (κ3) is 4.72. The van der Waals surface area contributed by atoms with Crippen LogP contribution in [0.25, 0.3) is 0 Å². The van der Waals surface area contributed by atoms with Gasteiger partial charge in [-0.1, -0.05) is 13.8 Å². The van der Waals surface area contributed by atoms with Crippen LogP contribution in [0.4, 0.5) is 5.82 Å². The van der Waals surface area contributed by atoms with Crippen molar-refractivity contribution < 1.29 is 4.74 Å². The van der Waals surface area contributed by atoms with E-state index in [2.05, 4.69) is 58.0 Å². The largest absolute Gasteiger partial charge is 0.374 e. The van der Waals surface area contributed by atoms with Crippen molar-refractivity contribution in [2.75, 3.05) is 38.1 Å². The third-order valence-corrected chi connectivity index (χ3v) is 3.82. The monoisotopic (exact) mass is 341 g/mol. The Morgan fingerprint density at radius 1 is 1.55 bits per heavy atom. The molecule has 0 spiro atoms. The number of hydrogen-bond donors (Lipinski definition) is 1. The molecule has 4 nitrogen and oxygen atoms in total. The maximum absolute atomic E-state index is 5.83. The molecule has 1 aliphatic rings. The van der Waals surface area contributed by atoms with Crippen molar-refractivity contribution in [2.24, 2.45) is 5.92 Å². The fraction of sp³-hybridized carbons (Fsp3) is 0.667. The van der Waals surface area contributed by atoms with Crippen LogP contribution in [0.15, 0.2) is 16.7 Å². The molecule has 1 aliphatic heterocycles. The number of nitrogens with one attached hydrogen (secondary N) is 1. The van der Waals surface area contributed by atoms with Gasteiger partial charge >= 0.3 is 0 Å². The number of aromatic nitrogens is 1. The summed E-state index contributed by atoms with van der Waals surface area (Å²) in [5.74, 6) is 1.65. The molecule has 20 heavy (non-hydrogen) atoms. The summed E-state index contributed by atoms with van der Waals surface area (Å²) in [7, 11) is 0. The van der Waals surface area contributed by atoms with Gasteiger partial charge in [-0.25, -0.2) is 4.98 Å². The van der Waals surface area contributed by atoms with Crippen LogP contribution in [-0.4, -0.2) is 48.8 Å². The first kappa shape index (κ1) is 15.7. The fourth-order valence-corrected chi connectivity index (χ4v) is 2.97. The highest BCUT2D eigenvalue weighted by Crippen LogP contribution is 2.17. The summed E-state index contributed by atoms with van der Waals surface area (Å²) < 4.78 is 6.85. The van der Waals surface area contributed by atoms with Crippen molar-refractivity contribution >= 4 is 21.7 Å². The second-order valence-corrected chi connectivity index (χ2v) is 6.76. The van der Waals surface area contributed by atoms with Crippen LogP contribution in [0.1, 0.15) is 19.4 Å². The van der Waals surface area contributed by atoms with E-state index in [0.717, 1.165) is 48.6 Å². The van der Waals surface area contributed by atoms with E-state index >= 15 is 0 Å². The zero-order valence-corrected chi connectivity index (χ0v) is 14.1. The Morgan fingerprint density at radius 2 is 2.35 bits per heavy atom. The Balaban J connectivity index is 1.84. The van der Waals surface area contributed by atoms with Crippen LogP contribution in [0.5, 0.6) is 0 Å². The smallest absolute Gasteiger partial charge is 0.129 e. The van der Waals surface area contributed by atoms with Crippen molar-refractivity contribution in [3.8, 4) is 0 Å². The number of rotatable bonds is 5. The van der Waals surface area contributed by atoms with E-state index in [1.54, 1.807) is 0 Å². The molecular weight excluding hydrogens is 318 g/mol. The molecule has 0 amide bonds. The van der Waals surface area contributed by atoms with Gasteiger partial charge in [0.2, 0.25) is 0 Å². The van der Waals surface area contributed by atoms with Crippen molar-refractivity contribution in [3.63, 3.8) is 0 Å². The average Bonchev–Trinajstić information content (AvgIpc) is 2.37. The number of anilines is 1. The lowest BCUT2D eigenvalue weighted by atomic mass is 10.2. The van der Waals surface area contributed by atoms with Gasteiger partial charge in [-0.15, -0.1) is 0 Å². The summed E-state index contributed by atoms with van der Waals surface area (Å²) in [6.45, 7) is 11.4. The minimum atomic E-state index is 0.243. The SMILES string of the molecule is Cc1cc(Br)cnc1NCC1CN(CC(C)C)CCO1. The standard InChI is InChI=1S/C15H24BrN3O/c1-11(2)9-19-4-5-20-14(10-19)8-18-15-12(3)6-13(16)7-17-15/h6-7,11,14H,4-5,8-10H2,1-3H3,(H,17,18). The van der Waals surface area contributed by atoms with Crippen LogP contribution in [0.3, 0.4) is 0 Å². The molecule has 1 saturated heterocycles. The highest BCUT2D eigenvalue weighted by molar-refractivity contribution is 9.10. The van der Waals surface area contributed by atoms with Crippen LogP contribution < -0.4 is 5.32 Å². The third-order valence-electron chi connectivity index (χ3n) is 3.39. The number of hydrogen-bond acceptors (Lipinski definition) is 4. The second kappa shape index (κ2) is 7.38. The molecule has 1 atom stereocenters. The summed E-state index contributed by atoms with van der Waals surface area (Å²) in [6.07, 6.45) is 2.06. The molecule has 0 radical (unpaired) electrons. The van der Waals surface area contributed by atoms with E-state index in [9.17, 15) is 0 Å². The summed E-state index contributed by atoms with van der Waals surface area (Å²) in [5.41, 5.74) is 1.15. The van der Waals surface area contributed by atoms with E-state index in [1.165, 1.54) is 0 Å². The quantitative estimate of drug-likeness (QED) is 0.893. The zero-order chi connectivity index (χ0) is 14.5. The molecule has 0 aromatic carbocycles. The lowest BCUT2D eigenvalue weighted by Gasteiger charge is -2.34. The maximum atomic E-state index is 5.83. The molecule has 1 N–H and O–H groups in total. The van der Waals surface area contributed by atoms with Gasteiger partial charge in [0, 0.05) is 36.8 Å². The minimum Gasteiger partial charge on any atom is -0.374 e. The molecule has 2 heterocycles. The number of nitrogens with zero attached hydrogens (tertiary/aromatic N) is 2. The number of halogens is 1. The summed E-state index contributed by atoms with van der Waals surface area (Å²) in [5, 5.41) is 3.40. The molecule has 0 bridgehead atoms. The molecule has 1 unspecified atom stereocenters. The Labute approximate surface area is 130 Å². The molecule has 1 aromatic heterocycles. The minimum absolute atomic E-state index is 0.243. The highest BCUT2D eigenvalue weighted by atomic mass is 79.9. The highest BCUT2D eigenvalue weighted by Gasteiger charge is 2.20. The predicted molar refractivity (Wildman–Crippen MR) is 86.2 cm³/mol. The van der Waals surface area contributed by atoms with Crippen LogP contribution in [0.2, 0.25) is 0 Å². The Bertz CT molecular complexity index is 439. The van der Waals surface area contributed by atoms with Crippen LogP contribution >= 0.6 is 15.9 Å². The molecule has 0 aliphatic carbocycles. The van der Waals surface area contributed by atoms with Gasteiger partial charge in [-0.05, 0) is 40.4 Å². The van der Waals surface area contributed by atoms with E-state index < -0.39 is 0 Å². The molecule has 1 aromatic rings. The van der Waals surface area contributed by atoms with Crippen molar-refractivity contribution in [1.29, 1.82) is 0 Å². The Kier molecular flexibility index (Phi) is 5.81. The van der Waals surface area contributed by atoms with Crippen molar-refractivity contribution in [3.05, 3.63) is 22.3 Å². The first-order valence-electron chi connectivity index (χ1n) is 7.24. The first-order chi connectivity index (χ1) is 9.54. The predicted octanol–water partition coefficient (Wildman–Crippen LogP) is 2.92. The zero-order valence-electron chi connectivity index (χ0n) is 12.5. The van der Waals surface area contributed by atoms with E-state index in [1.807, 2.05) is 6.20 Å². The lowest BCUT2D eigenvalue weighted by Crippen LogP contribution is -2.46. The average molecular weight is 342 g/mol. The number of morpholine rings is 1. The van der Waals surface area contributed by atoms with Crippen LogP contribution in [0, 0.1) is 12.8 Å². The Morgan fingerprint density at radius 3 is 3.05 bits per heavy atom. The van der Waals surface area contributed by atoms with Gasteiger partial charge in [0.1, 0.15) is 5.82 Å². The number of ether oxygens (including phenoxy) is 1. The topological polar surface area (TPSA) is 37.4 Å². The van der Waals surface area contributed by atoms with Crippen molar-refractivity contribution in [1.82, 2.24) is 9.88 Å².